The first-order valence-electron chi connectivity index (χ1n) is 6.32. The second kappa shape index (κ2) is 5.07. The van der Waals surface area contributed by atoms with Gasteiger partial charge < -0.3 is 10.3 Å². The average Bonchev–Trinajstić information content (AvgIpc) is 2.88. The van der Waals surface area contributed by atoms with Crippen LogP contribution in [0.25, 0.3) is 0 Å². The summed E-state index contributed by atoms with van der Waals surface area (Å²) in [6.07, 6.45) is 1.74. The van der Waals surface area contributed by atoms with Crippen molar-refractivity contribution in [2.75, 3.05) is 6.54 Å². The van der Waals surface area contributed by atoms with Gasteiger partial charge in [0, 0.05) is 31.7 Å². The van der Waals surface area contributed by atoms with Gasteiger partial charge in [0.1, 0.15) is 18.0 Å². The molecule has 5 nitrogen and oxygen atoms in total. The Kier molecular flexibility index (Phi) is 3.27. The first-order valence-corrected chi connectivity index (χ1v) is 6.32. The van der Waals surface area contributed by atoms with Crippen LogP contribution in [0.2, 0.25) is 0 Å². The molecule has 100 valence electrons. The van der Waals surface area contributed by atoms with Gasteiger partial charge in [-0.25, -0.2) is 4.39 Å². The molecule has 2 heterocycles. The van der Waals surface area contributed by atoms with Gasteiger partial charge >= 0.3 is 0 Å². The number of nitrogens with zero attached hydrogens (tertiary/aromatic N) is 4. The van der Waals surface area contributed by atoms with Crippen LogP contribution in [-0.4, -0.2) is 26.2 Å². The molecular formula is C13H16FN5. The molecule has 3 rings (SSSR count). The zero-order valence-electron chi connectivity index (χ0n) is 10.6. The fourth-order valence-corrected chi connectivity index (χ4v) is 2.34. The summed E-state index contributed by atoms with van der Waals surface area (Å²) in [5, 5.41) is 7.94. The molecule has 0 unspecified atom stereocenters. The topological polar surface area (TPSA) is 60.0 Å². The number of nitrogens with two attached hydrogens (primary N) is 1. The van der Waals surface area contributed by atoms with Crippen LogP contribution in [0.3, 0.4) is 0 Å². The van der Waals surface area contributed by atoms with E-state index in [4.69, 9.17) is 5.73 Å². The third kappa shape index (κ3) is 2.50. The van der Waals surface area contributed by atoms with Crippen LogP contribution in [0.15, 0.2) is 24.5 Å². The van der Waals surface area contributed by atoms with E-state index in [1.54, 1.807) is 6.33 Å². The summed E-state index contributed by atoms with van der Waals surface area (Å²) in [4.78, 5) is 2.17. The maximum Gasteiger partial charge on any atom is 0.147 e. The number of hydrogen-bond donors (Lipinski definition) is 1. The van der Waals surface area contributed by atoms with Gasteiger partial charge in [0.2, 0.25) is 0 Å². The molecule has 0 bridgehead atoms. The molecule has 0 saturated heterocycles. The second-order valence-electron chi connectivity index (χ2n) is 4.78. The molecule has 1 aliphatic heterocycles. The zero-order valence-corrected chi connectivity index (χ0v) is 10.6. The molecule has 6 heteroatoms. The minimum Gasteiger partial charge on any atom is -0.326 e. The van der Waals surface area contributed by atoms with Crippen molar-refractivity contribution in [1.29, 1.82) is 0 Å². The lowest BCUT2D eigenvalue weighted by molar-refractivity contribution is 0.206. The Bertz CT molecular complexity index is 580. The standard InChI is InChI=1S/C13H16FN5/c14-12-5-10(6-15)1-2-11(12)7-18-3-4-19-9-16-17-13(19)8-18/h1-2,5,9H,3-4,6-8,15H2. The highest BCUT2D eigenvalue weighted by molar-refractivity contribution is 5.24. The van der Waals surface area contributed by atoms with Gasteiger partial charge in [-0.15, -0.1) is 10.2 Å². The fraction of sp³-hybridized carbons (Fsp3) is 0.385. The smallest absolute Gasteiger partial charge is 0.147 e. The highest BCUT2D eigenvalue weighted by Crippen LogP contribution is 2.16. The van der Waals surface area contributed by atoms with E-state index in [0.29, 0.717) is 25.2 Å². The minimum absolute atomic E-state index is 0.185. The monoisotopic (exact) mass is 261 g/mol. The Morgan fingerprint density at radius 2 is 2.21 bits per heavy atom. The SMILES string of the molecule is NCc1ccc(CN2CCn3cnnc3C2)c(F)c1. The van der Waals surface area contributed by atoms with Crippen molar-refractivity contribution in [2.24, 2.45) is 5.73 Å². The fourth-order valence-electron chi connectivity index (χ4n) is 2.34. The Morgan fingerprint density at radius 1 is 1.32 bits per heavy atom. The summed E-state index contributed by atoms with van der Waals surface area (Å²) in [7, 11) is 0. The second-order valence-corrected chi connectivity index (χ2v) is 4.78. The first-order chi connectivity index (χ1) is 9.26. The maximum absolute atomic E-state index is 13.9. The summed E-state index contributed by atoms with van der Waals surface area (Å²) in [5.41, 5.74) is 7.02. The van der Waals surface area contributed by atoms with Crippen LogP contribution in [0.4, 0.5) is 4.39 Å². The van der Waals surface area contributed by atoms with Crippen molar-refractivity contribution >= 4 is 0 Å². The molecule has 0 spiro atoms. The third-order valence-electron chi connectivity index (χ3n) is 3.47. The van der Waals surface area contributed by atoms with E-state index in [-0.39, 0.29) is 5.82 Å². The highest BCUT2D eigenvalue weighted by Gasteiger charge is 2.18. The van der Waals surface area contributed by atoms with Crippen molar-refractivity contribution in [3.05, 3.63) is 47.3 Å². The van der Waals surface area contributed by atoms with E-state index >= 15 is 0 Å². The van der Waals surface area contributed by atoms with Crippen LogP contribution >= 0.6 is 0 Å². The van der Waals surface area contributed by atoms with Crippen LogP contribution < -0.4 is 5.73 Å². The van der Waals surface area contributed by atoms with Gasteiger partial charge in [-0.1, -0.05) is 12.1 Å². The Hall–Kier alpha value is -1.79. The quantitative estimate of drug-likeness (QED) is 0.891. The van der Waals surface area contributed by atoms with E-state index in [1.807, 2.05) is 16.7 Å². The Balaban J connectivity index is 1.73. The average molecular weight is 261 g/mol. The van der Waals surface area contributed by atoms with Crippen LogP contribution in [0.5, 0.6) is 0 Å². The number of fused-ring (bicyclic) bond motifs is 1. The summed E-state index contributed by atoms with van der Waals surface area (Å²) in [5.74, 6) is 0.750. The Morgan fingerprint density at radius 3 is 3.00 bits per heavy atom. The summed E-state index contributed by atoms with van der Waals surface area (Å²) < 4.78 is 15.9. The maximum atomic E-state index is 13.9. The molecule has 2 N–H and O–H groups in total. The lowest BCUT2D eigenvalue weighted by atomic mass is 10.1. The molecule has 0 saturated carbocycles. The van der Waals surface area contributed by atoms with Gasteiger partial charge in [0.05, 0.1) is 6.54 Å². The predicted molar refractivity (Wildman–Crippen MR) is 68.4 cm³/mol. The van der Waals surface area contributed by atoms with E-state index in [0.717, 1.165) is 24.5 Å². The molecule has 1 aromatic carbocycles. The summed E-state index contributed by atoms with van der Waals surface area (Å²) in [6.45, 7) is 3.39. The summed E-state index contributed by atoms with van der Waals surface area (Å²) >= 11 is 0. The van der Waals surface area contributed by atoms with Crippen LogP contribution in [0.1, 0.15) is 17.0 Å². The number of benzene rings is 1. The molecule has 0 fully saturated rings. The molecule has 1 aliphatic rings. The zero-order chi connectivity index (χ0) is 13.2. The van der Waals surface area contributed by atoms with Crippen LogP contribution in [-0.2, 0) is 26.2 Å². The molecule has 0 atom stereocenters. The molecule has 0 radical (unpaired) electrons. The summed E-state index contributed by atoms with van der Waals surface area (Å²) in [6, 6.07) is 5.21. The Labute approximate surface area is 110 Å². The predicted octanol–water partition coefficient (Wildman–Crippen LogP) is 0.892. The number of aromatic nitrogens is 3. The molecular weight excluding hydrogens is 245 g/mol. The lowest BCUT2D eigenvalue weighted by Crippen LogP contribution is -2.33. The van der Waals surface area contributed by atoms with Crippen molar-refractivity contribution < 1.29 is 4.39 Å². The highest BCUT2D eigenvalue weighted by atomic mass is 19.1. The number of halogens is 1. The molecule has 1 aromatic heterocycles. The van der Waals surface area contributed by atoms with E-state index < -0.39 is 0 Å². The van der Waals surface area contributed by atoms with Gasteiger partial charge in [-0.3, -0.25) is 4.90 Å². The lowest BCUT2D eigenvalue weighted by Gasteiger charge is -2.27. The molecule has 19 heavy (non-hydrogen) atoms. The molecule has 0 amide bonds. The largest absolute Gasteiger partial charge is 0.326 e. The van der Waals surface area contributed by atoms with Crippen molar-refractivity contribution in [1.82, 2.24) is 19.7 Å². The number of hydrogen-bond acceptors (Lipinski definition) is 4. The van der Waals surface area contributed by atoms with Gasteiger partial charge in [-0.2, -0.15) is 0 Å². The van der Waals surface area contributed by atoms with E-state index in [1.165, 1.54) is 6.07 Å². The van der Waals surface area contributed by atoms with E-state index in [2.05, 4.69) is 15.1 Å². The van der Waals surface area contributed by atoms with E-state index in [9.17, 15) is 4.39 Å². The third-order valence-corrected chi connectivity index (χ3v) is 3.47. The van der Waals surface area contributed by atoms with Crippen molar-refractivity contribution in [3.63, 3.8) is 0 Å². The van der Waals surface area contributed by atoms with Crippen molar-refractivity contribution in [3.8, 4) is 0 Å². The van der Waals surface area contributed by atoms with Crippen molar-refractivity contribution in [2.45, 2.75) is 26.2 Å². The van der Waals surface area contributed by atoms with Gasteiger partial charge in [-0.05, 0) is 11.6 Å². The normalized spacial score (nSPS) is 15.5. The molecule has 2 aromatic rings. The molecule has 0 aliphatic carbocycles. The van der Waals surface area contributed by atoms with Crippen LogP contribution in [0, 0.1) is 5.82 Å². The van der Waals surface area contributed by atoms with Gasteiger partial charge in [0.15, 0.2) is 0 Å². The minimum atomic E-state index is -0.185. The number of rotatable bonds is 3. The first kappa shape index (κ1) is 12.3. The van der Waals surface area contributed by atoms with Gasteiger partial charge in [0.25, 0.3) is 0 Å².